The number of esters is 1. The average Bonchev–Trinajstić information content (AvgIpc) is 2.92. The number of carbonyl (C=O) groups excluding carboxylic acids is 2. The fourth-order valence-corrected chi connectivity index (χ4v) is 1.99. The van der Waals surface area contributed by atoms with Gasteiger partial charge in [-0.05, 0) is 6.92 Å². The minimum absolute atomic E-state index is 0.0392. The largest absolute Gasteiger partial charge is 0.460 e. The first-order valence-corrected chi connectivity index (χ1v) is 6.43. The monoisotopic (exact) mass is 291 g/mol. The van der Waals surface area contributed by atoms with Crippen LogP contribution in [0.1, 0.15) is 33.9 Å². The van der Waals surface area contributed by atoms with E-state index in [0.29, 0.717) is 5.69 Å². The van der Waals surface area contributed by atoms with Crippen LogP contribution in [0, 0.1) is 0 Å². The molecule has 0 aromatic carbocycles. The third kappa shape index (κ3) is 3.10. The fraction of sp³-hybridized carbons (Fsp3) is 0.385. The molecule has 0 unspecified atom stereocenters. The third-order valence-corrected chi connectivity index (χ3v) is 2.87. The molecule has 0 spiro atoms. The second-order valence-electron chi connectivity index (χ2n) is 4.59. The van der Waals surface area contributed by atoms with Gasteiger partial charge in [0.15, 0.2) is 5.82 Å². The lowest BCUT2D eigenvalue weighted by Crippen LogP contribution is -2.12. The van der Waals surface area contributed by atoms with E-state index in [1.54, 1.807) is 38.0 Å². The van der Waals surface area contributed by atoms with Crippen LogP contribution in [0.2, 0.25) is 0 Å². The number of ketones is 1. The summed E-state index contributed by atoms with van der Waals surface area (Å²) >= 11 is 0. The van der Waals surface area contributed by atoms with Crippen molar-refractivity contribution in [3.63, 3.8) is 0 Å². The summed E-state index contributed by atoms with van der Waals surface area (Å²) < 4.78 is 7.99. The second kappa shape index (κ2) is 5.78. The first-order valence-electron chi connectivity index (χ1n) is 6.43. The van der Waals surface area contributed by atoms with Crippen LogP contribution in [-0.4, -0.2) is 37.5 Å². The van der Waals surface area contributed by atoms with Crippen LogP contribution in [0.4, 0.5) is 5.82 Å². The van der Waals surface area contributed by atoms with E-state index in [1.165, 1.54) is 4.57 Å². The van der Waals surface area contributed by atoms with Gasteiger partial charge in [-0.2, -0.15) is 0 Å². The van der Waals surface area contributed by atoms with Gasteiger partial charge in [0.1, 0.15) is 5.82 Å². The molecule has 2 aromatic rings. The number of rotatable bonds is 5. The Morgan fingerprint density at radius 2 is 1.86 bits per heavy atom. The van der Waals surface area contributed by atoms with Gasteiger partial charge < -0.3 is 19.6 Å². The van der Waals surface area contributed by atoms with E-state index in [4.69, 9.17) is 10.5 Å². The zero-order valence-electron chi connectivity index (χ0n) is 12.2. The number of nitrogens with two attached hydrogens (primary N) is 1. The van der Waals surface area contributed by atoms with E-state index in [1.807, 2.05) is 0 Å². The molecular weight excluding hydrogens is 274 g/mol. The van der Waals surface area contributed by atoms with Crippen LogP contribution in [0.15, 0.2) is 12.4 Å². The molecule has 0 aliphatic carbocycles. The zero-order chi connectivity index (χ0) is 15.6. The van der Waals surface area contributed by atoms with Crippen molar-refractivity contribution in [2.24, 2.45) is 14.1 Å². The van der Waals surface area contributed by atoms with Gasteiger partial charge in [0.25, 0.3) is 0 Å². The van der Waals surface area contributed by atoms with Gasteiger partial charge in [0, 0.05) is 26.5 Å². The van der Waals surface area contributed by atoms with Gasteiger partial charge in [-0.25, -0.2) is 14.8 Å². The van der Waals surface area contributed by atoms with E-state index in [-0.39, 0.29) is 36.3 Å². The fourth-order valence-electron chi connectivity index (χ4n) is 1.99. The predicted molar refractivity (Wildman–Crippen MR) is 74.8 cm³/mol. The Hall–Kier alpha value is -2.64. The summed E-state index contributed by atoms with van der Waals surface area (Å²) in [6, 6.07) is 0. The van der Waals surface area contributed by atoms with Crippen LogP contribution in [-0.2, 0) is 25.3 Å². The Morgan fingerprint density at radius 1 is 1.19 bits per heavy atom. The molecule has 0 fully saturated rings. The number of nitrogens with zero attached hydrogens (tertiary/aromatic N) is 4. The molecule has 2 rings (SSSR count). The Balaban J connectivity index is 2.17. The summed E-state index contributed by atoms with van der Waals surface area (Å²) in [5, 5.41) is 0. The number of imidazole rings is 2. The number of hydrogen-bond acceptors (Lipinski definition) is 6. The number of aryl methyl sites for hydroxylation is 2. The molecule has 0 aliphatic heterocycles. The summed E-state index contributed by atoms with van der Waals surface area (Å²) in [6.45, 7) is 1.99. The van der Waals surface area contributed by atoms with Gasteiger partial charge in [0.2, 0.25) is 11.6 Å². The highest BCUT2D eigenvalue weighted by Gasteiger charge is 2.19. The highest BCUT2D eigenvalue weighted by Crippen LogP contribution is 2.09. The lowest BCUT2D eigenvalue weighted by atomic mass is 10.2. The standard InChI is InChI=1S/C13H17N5O3/c1-4-21-13(20)12-15-8(6-17(12)2)5-9(19)11-16-10(14)7-18(11)3/h6-7H,4-5,14H2,1-3H3. The molecule has 2 heterocycles. The molecule has 0 saturated carbocycles. The third-order valence-electron chi connectivity index (χ3n) is 2.87. The average molecular weight is 291 g/mol. The summed E-state index contributed by atoms with van der Waals surface area (Å²) in [6.07, 6.45) is 3.23. The molecule has 0 aliphatic rings. The van der Waals surface area contributed by atoms with Crippen molar-refractivity contribution >= 4 is 17.6 Å². The van der Waals surface area contributed by atoms with Crippen molar-refractivity contribution in [2.45, 2.75) is 13.3 Å². The molecule has 0 bridgehead atoms. The van der Waals surface area contributed by atoms with E-state index in [9.17, 15) is 9.59 Å². The smallest absolute Gasteiger partial charge is 0.374 e. The van der Waals surface area contributed by atoms with Crippen molar-refractivity contribution in [3.8, 4) is 0 Å². The molecule has 2 aromatic heterocycles. The number of Topliss-reactive ketones (excluding diaryl/α,β-unsaturated/α-hetero) is 1. The Bertz CT molecular complexity index is 686. The summed E-state index contributed by atoms with van der Waals surface area (Å²) in [5.41, 5.74) is 6.03. The number of ether oxygens (including phenoxy) is 1. The normalized spacial score (nSPS) is 10.6. The number of anilines is 1. The Labute approximate surface area is 121 Å². The maximum Gasteiger partial charge on any atom is 0.374 e. The minimum Gasteiger partial charge on any atom is -0.460 e. The molecule has 0 radical (unpaired) electrons. The van der Waals surface area contributed by atoms with E-state index in [0.717, 1.165) is 0 Å². The van der Waals surface area contributed by atoms with Crippen molar-refractivity contribution in [1.29, 1.82) is 0 Å². The highest BCUT2D eigenvalue weighted by atomic mass is 16.5. The van der Waals surface area contributed by atoms with E-state index < -0.39 is 5.97 Å². The van der Waals surface area contributed by atoms with Crippen molar-refractivity contribution in [2.75, 3.05) is 12.3 Å². The first-order chi connectivity index (χ1) is 9.92. The number of carbonyl (C=O) groups is 2. The lowest BCUT2D eigenvalue weighted by molar-refractivity contribution is 0.0507. The Morgan fingerprint density at radius 3 is 2.43 bits per heavy atom. The predicted octanol–water partition coefficient (Wildman–Crippen LogP) is 0.338. The van der Waals surface area contributed by atoms with Gasteiger partial charge in [0.05, 0.1) is 18.7 Å². The van der Waals surface area contributed by atoms with Crippen molar-refractivity contribution in [3.05, 3.63) is 29.7 Å². The number of aromatic nitrogens is 4. The molecule has 21 heavy (non-hydrogen) atoms. The van der Waals surface area contributed by atoms with Gasteiger partial charge in [-0.3, -0.25) is 4.79 Å². The SMILES string of the molecule is CCOC(=O)c1nc(CC(=O)c2nc(N)cn2C)cn1C. The van der Waals surface area contributed by atoms with Gasteiger partial charge in [-0.1, -0.05) is 0 Å². The quantitative estimate of drug-likeness (QED) is 0.629. The zero-order valence-corrected chi connectivity index (χ0v) is 12.2. The molecular formula is C13H17N5O3. The van der Waals surface area contributed by atoms with E-state index in [2.05, 4.69) is 9.97 Å². The minimum atomic E-state index is -0.514. The molecule has 8 heteroatoms. The van der Waals surface area contributed by atoms with Gasteiger partial charge >= 0.3 is 5.97 Å². The van der Waals surface area contributed by atoms with Gasteiger partial charge in [-0.15, -0.1) is 0 Å². The van der Waals surface area contributed by atoms with Crippen molar-refractivity contribution < 1.29 is 14.3 Å². The van der Waals surface area contributed by atoms with Crippen LogP contribution < -0.4 is 5.73 Å². The topological polar surface area (TPSA) is 105 Å². The molecule has 0 atom stereocenters. The van der Waals surface area contributed by atoms with Crippen LogP contribution in [0.25, 0.3) is 0 Å². The lowest BCUT2D eigenvalue weighted by Gasteiger charge is -1.99. The summed E-state index contributed by atoms with van der Waals surface area (Å²) in [7, 11) is 3.37. The number of hydrogen-bond donors (Lipinski definition) is 1. The summed E-state index contributed by atoms with van der Waals surface area (Å²) in [4.78, 5) is 31.9. The highest BCUT2D eigenvalue weighted by molar-refractivity contribution is 5.94. The molecule has 8 nitrogen and oxygen atoms in total. The maximum atomic E-state index is 12.2. The molecule has 2 N–H and O–H groups in total. The van der Waals surface area contributed by atoms with Crippen LogP contribution in [0.3, 0.4) is 0 Å². The molecule has 0 amide bonds. The second-order valence-corrected chi connectivity index (χ2v) is 4.59. The molecule has 112 valence electrons. The van der Waals surface area contributed by atoms with Crippen molar-refractivity contribution in [1.82, 2.24) is 19.1 Å². The molecule has 0 saturated heterocycles. The first kappa shape index (κ1) is 14.8. The van der Waals surface area contributed by atoms with E-state index >= 15 is 0 Å². The number of nitrogen functional groups attached to an aromatic ring is 1. The van der Waals surface area contributed by atoms with Crippen LogP contribution >= 0.6 is 0 Å². The Kier molecular flexibility index (Phi) is 4.06. The maximum absolute atomic E-state index is 12.2. The van der Waals surface area contributed by atoms with Crippen LogP contribution in [0.5, 0.6) is 0 Å². The summed E-state index contributed by atoms with van der Waals surface area (Å²) in [5.74, 6) is -0.0217.